The minimum Gasteiger partial charge on any atom is -0.357 e. The molecule has 0 fully saturated rings. The van der Waals surface area contributed by atoms with Gasteiger partial charge in [-0.15, -0.1) is 0 Å². The highest BCUT2D eigenvalue weighted by Crippen LogP contribution is 2.23. The van der Waals surface area contributed by atoms with Crippen LogP contribution in [0.25, 0.3) is 10.9 Å². The summed E-state index contributed by atoms with van der Waals surface area (Å²) in [4.78, 5) is 15.8. The summed E-state index contributed by atoms with van der Waals surface area (Å²) in [6.07, 6.45) is 5.33. The molecule has 0 saturated carbocycles. The fourth-order valence-electron chi connectivity index (χ4n) is 2.62. The van der Waals surface area contributed by atoms with Gasteiger partial charge in [0.2, 0.25) is 0 Å². The van der Waals surface area contributed by atoms with E-state index in [4.69, 9.17) is 11.6 Å². The summed E-state index contributed by atoms with van der Waals surface area (Å²) in [5.41, 5.74) is 3.02. The Morgan fingerprint density at radius 1 is 1.12 bits per heavy atom. The summed E-state index contributed by atoms with van der Waals surface area (Å²) in [5, 5.41) is 1.35. The van der Waals surface area contributed by atoms with E-state index in [0.29, 0.717) is 5.02 Å². The van der Waals surface area contributed by atoms with Gasteiger partial charge in [0.05, 0.1) is 10.5 Å². The Morgan fingerprint density at radius 3 is 2.82 bits per heavy atom. The van der Waals surface area contributed by atoms with Crippen LogP contribution in [0.2, 0.25) is 5.02 Å². The van der Waals surface area contributed by atoms with Gasteiger partial charge in [-0.3, -0.25) is 4.79 Å². The van der Waals surface area contributed by atoms with Crippen molar-refractivity contribution < 1.29 is 0 Å². The second-order valence-corrected chi connectivity index (χ2v) is 5.04. The van der Waals surface area contributed by atoms with Gasteiger partial charge in [-0.25, -0.2) is 0 Å². The molecular formula is C14H14ClNO. The molecule has 1 aliphatic carbocycles. The molecule has 1 aromatic heterocycles. The molecule has 2 aromatic rings. The van der Waals surface area contributed by atoms with Crippen molar-refractivity contribution in [1.29, 1.82) is 0 Å². The van der Waals surface area contributed by atoms with Gasteiger partial charge in [-0.1, -0.05) is 24.1 Å². The summed E-state index contributed by atoms with van der Waals surface area (Å²) in [5.74, 6) is 0. The normalized spacial score (nSPS) is 15.6. The van der Waals surface area contributed by atoms with Crippen molar-refractivity contribution in [3.8, 4) is 0 Å². The fourth-order valence-corrected chi connectivity index (χ4v) is 2.85. The van der Waals surface area contributed by atoms with Gasteiger partial charge in [0.1, 0.15) is 0 Å². The number of benzene rings is 1. The number of rotatable bonds is 0. The van der Waals surface area contributed by atoms with Gasteiger partial charge in [0.15, 0.2) is 5.43 Å². The molecule has 1 aliphatic rings. The standard InChI is InChI=1S/C14H14ClNO/c15-11-7-4-6-10-13(11)16-12-8-3-1-2-5-9(12)14(10)17/h4,6-7H,1-3,5,8H2,(H,16,17). The highest BCUT2D eigenvalue weighted by molar-refractivity contribution is 6.35. The SMILES string of the molecule is O=c1c2c([nH]c3c(Cl)cccc13)CCCCC2. The zero-order valence-corrected chi connectivity index (χ0v) is 10.3. The summed E-state index contributed by atoms with van der Waals surface area (Å²) in [7, 11) is 0. The molecule has 0 atom stereocenters. The molecule has 3 heteroatoms. The molecule has 0 bridgehead atoms. The predicted molar refractivity (Wildman–Crippen MR) is 70.8 cm³/mol. The van der Waals surface area contributed by atoms with Crippen LogP contribution in [0, 0.1) is 0 Å². The Bertz CT molecular complexity index is 630. The third kappa shape index (κ3) is 1.77. The van der Waals surface area contributed by atoms with Crippen LogP contribution in [0.5, 0.6) is 0 Å². The summed E-state index contributed by atoms with van der Waals surface area (Å²) >= 11 is 6.14. The quantitative estimate of drug-likeness (QED) is 0.711. The highest BCUT2D eigenvalue weighted by Gasteiger charge is 2.15. The van der Waals surface area contributed by atoms with Crippen LogP contribution in [-0.2, 0) is 12.8 Å². The molecule has 0 radical (unpaired) electrons. The number of nitrogens with one attached hydrogen (secondary N) is 1. The van der Waals surface area contributed by atoms with Gasteiger partial charge in [-0.2, -0.15) is 0 Å². The smallest absolute Gasteiger partial charge is 0.192 e. The molecule has 1 aromatic carbocycles. The van der Waals surface area contributed by atoms with Crippen LogP contribution in [0.4, 0.5) is 0 Å². The Kier molecular flexibility index (Phi) is 2.67. The van der Waals surface area contributed by atoms with Gasteiger partial charge >= 0.3 is 0 Å². The molecule has 3 rings (SSSR count). The number of aromatic amines is 1. The summed E-state index contributed by atoms with van der Waals surface area (Å²) < 4.78 is 0. The van der Waals surface area contributed by atoms with Crippen molar-refractivity contribution in [3.05, 3.63) is 44.7 Å². The number of H-pyrrole nitrogens is 1. The number of halogens is 1. The molecule has 2 nitrogen and oxygen atoms in total. The van der Waals surface area contributed by atoms with E-state index in [2.05, 4.69) is 4.98 Å². The maximum absolute atomic E-state index is 12.4. The van der Waals surface area contributed by atoms with Crippen LogP contribution in [0.1, 0.15) is 30.5 Å². The van der Waals surface area contributed by atoms with Crippen LogP contribution in [0.15, 0.2) is 23.0 Å². The first-order valence-corrected chi connectivity index (χ1v) is 6.47. The first kappa shape index (κ1) is 10.8. The number of hydrogen-bond donors (Lipinski definition) is 1. The van der Waals surface area contributed by atoms with E-state index in [0.717, 1.165) is 47.8 Å². The number of para-hydroxylation sites is 1. The molecule has 0 saturated heterocycles. The number of fused-ring (bicyclic) bond motifs is 2. The van der Waals surface area contributed by atoms with E-state index in [1.807, 2.05) is 18.2 Å². The van der Waals surface area contributed by atoms with E-state index < -0.39 is 0 Å². The lowest BCUT2D eigenvalue weighted by molar-refractivity contribution is 0.708. The Morgan fingerprint density at radius 2 is 1.94 bits per heavy atom. The minimum atomic E-state index is 0.165. The van der Waals surface area contributed by atoms with Crippen molar-refractivity contribution >= 4 is 22.5 Å². The lowest BCUT2D eigenvalue weighted by Crippen LogP contribution is -2.14. The van der Waals surface area contributed by atoms with E-state index in [9.17, 15) is 4.79 Å². The highest BCUT2D eigenvalue weighted by atomic mass is 35.5. The number of aryl methyl sites for hydroxylation is 1. The predicted octanol–water partition coefficient (Wildman–Crippen LogP) is 3.45. The number of hydrogen-bond acceptors (Lipinski definition) is 1. The van der Waals surface area contributed by atoms with Crippen molar-refractivity contribution in [2.24, 2.45) is 0 Å². The second kappa shape index (κ2) is 4.19. The number of pyridine rings is 1. The molecule has 1 heterocycles. The second-order valence-electron chi connectivity index (χ2n) is 4.63. The average Bonchev–Trinajstić information content (AvgIpc) is 2.56. The zero-order valence-electron chi connectivity index (χ0n) is 9.55. The van der Waals surface area contributed by atoms with Crippen LogP contribution in [0.3, 0.4) is 0 Å². The van der Waals surface area contributed by atoms with Crippen LogP contribution < -0.4 is 5.43 Å². The lowest BCUT2D eigenvalue weighted by Gasteiger charge is -2.08. The number of aromatic nitrogens is 1. The zero-order chi connectivity index (χ0) is 11.8. The molecule has 0 unspecified atom stereocenters. The van der Waals surface area contributed by atoms with Crippen molar-refractivity contribution in [2.45, 2.75) is 32.1 Å². The van der Waals surface area contributed by atoms with E-state index in [-0.39, 0.29) is 5.43 Å². The first-order valence-electron chi connectivity index (χ1n) is 6.09. The molecule has 0 spiro atoms. The van der Waals surface area contributed by atoms with Crippen LogP contribution >= 0.6 is 11.6 Å². The molecule has 17 heavy (non-hydrogen) atoms. The third-order valence-electron chi connectivity index (χ3n) is 3.53. The Hall–Kier alpha value is -1.28. The first-order chi connectivity index (χ1) is 8.27. The molecule has 88 valence electrons. The largest absolute Gasteiger partial charge is 0.357 e. The Labute approximate surface area is 105 Å². The van der Waals surface area contributed by atoms with Gasteiger partial charge in [-0.05, 0) is 37.8 Å². The van der Waals surface area contributed by atoms with Crippen molar-refractivity contribution in [2.75, 3.05) is 0 Å². The minimum absolute atomic E-state index is 0.165. The van der Waals surface area contributed by atoms with E-state index >= 15 is 0 Å². The molecular weight excluding hydrogens is 234 g/mol. The third-order valence-corrected chi connectivity index (χ3v) is 3.84. The summed E-state index contributed by atoms with van der Waals surface area (Å²) in [6, 6.07) is 5.51. The maximum atomic E-state index is 12.4. The summed E-state index contributed by atoms with van der Waals surface area (Å²) in [6.45, 7) is 0. The monoisotopic (exact) mass is 247 g/mol. The van der Waals surface area contributed by atoms with Crippen molar-refractivity contribution in [3.63, 3.8) is 0 Å². The average molecular weight is 248 g/mol. The molecule has 0 amide bonds. The topological polar surface area (TPSA) is 32.9 Å². The maximum Gasteiger partial charge on any atom is 0.192 e. The van der Waals surface area contributed by atoms with Crippen molar-refractivity contribution in [1.82, 2.24) is 4.98 Å². The van der Waals surface area contributed by atoms with E-state index in [1.165, 1.54) is 6.42 Å². The Balaban J connectivity index is 2.37. The van der Waals surface area contributed by atoms with Gasteiger partial charge < -0.3 is 4.98 Å². The van der Waals surface area contributed by atoms with E-state index in [1.54, 1.807) is 0 Å². The molecule has 0 aliphatic heterocycles. The molecule has 1 N–H and O–H groups in total. The fraction of sp³-hybridized carbons (Fsp3) is 0.357. The van der Waals surface area contributed by atoms with Crippen LogP contribution in [-0.4, -0.2) is 4.98 Å². The lowest BCUT2D eigenvalue weighted by atomic mass is 10.0. The van der Waals surface area contributed by atoms with Gasteiger partial charge in [0, 0.05) is 16.6 Å². The van der Waals surface area contributed by atoms with Gasteiger partial charge in [0.25, 0.3) is 0 Å².